The fourth-order valence-corrected chi connectivity index (χ4v) is 1.98. The van der Waals surface area contributed by atoms with Crippen molar-refractivity contribution in [1.82, 2.24) is 14.9 Å². The fourth-order valence-electron chi connectivity index (χ4n) is 1.98. The van der Waals surface area contributed by atoms with Crippen LogP contribution in [0.1, 0.15) is 23.0 Å². The number of hydrogen-bond donors (Lipinski definition) is 3. The summed E-state index contributed by atoms with van der Waals surface area (Å²) in [5.41, 5.74) is 2.63. The molecule has 0 saturated carbocycles. The van der Waals surface area contributed by atoms with Crippen molar-refractivity contribution >= 4 is 11.6 Å². The summed E-state index contributed by atoms with van der Waals surface area (Å²) in [5, 5.41) is 14.6. The number of aliphatic hydroxyl groups is 1. The van der Waals surface area contributed by atoms with Gasteiger partial charge in [0.15, 0.2) is 0 Å². The quantitative estimate of drug-likeness (QED) is 0.716. The lowest BCUT2D eigenvalue weighted by atomic mass is 10.2. The first-order chi connectivity index (χ1) is 10.2. The predicted octanol–water partition coefficient (Wildman–Crippen LogP) is 1.24. The molecule has 6 nitrogen and oxygen atoms in total. The summed E-state index contributed by atoms with van der Waals surface area (Å²) >= 11 is 0. The number of imidazole rings is 1. The molecule has 0 fully saturated rings. The molecule has 3 N–H and O–H groups in total. The van der Waals surface area contributed by atoms with Crippen LogP contribution in [-0.4, -0.2) is 33.7 Å². The third-order valence-corrected chi connectivity index (χ3v) is 3.16. The van der Waals surface area contributed by atoms with Crippen molar-refractivity contribution in [2.45, 2.75) is 20.0 Å². The Hall–Kier alpha value is -2.34. The average molecular weight is 288 g/mol. The molecular formula is C15H20N4O2. The standard InChI is InChI=1S/C15H20N4O2/c1-2-19-11-16-9-14(19)10-18-13-5-3-12(4-6-13)15(21)17-7-8-20/h3-6,9,11,18,20H,2,7-8,10H2,1H3,(H,17,21). The summed E-state index contributed by atoms with van der Waals surface area (Å²) < 4.78 is 2.07. The highest BCUT2D eigenvalue weighted by atomic mass is 16.3. The average Bonchev–Trinajstić information content (AvgIpc) is 2.98. The highest BCUT2D eigenvalue weighted by molar-refractivity contribution is 5.94. The molecule has 1 aromatic carbocycles. The van der Waals surface area contributed by atoms with Crippen LogP contribution in [0.3, 0.4) is 0 Å². The number of carbonyl (C=O) groups is 1. The minimum Gasteiger partial charge on any atom is -0.395 e. The van der Waals surface area contributed by atoms with Gasteiger partial charge in [-0.05, 0) is 31.2 Å². The molecule has 1 heterocycles. The van der Waals surface area contributed by atoms with Crippen LogP contribution in [0.2, 0.25) is 0 Å². The summed E-state index contributed by atoms with van der Waals surface area (Å²) in [5.74, 6) is -0.181. The maximum absolute atomic E-state index is 11.7. The molecule has 112 valence electrons. The molecule has 0 aliphatic heterocycles. The van der Waals surface area contributed by atoms with E-state index < -0.39 is 0 Å². The number of nitrogens with zero attached hydrogens (tertiary/aromatic N) is 2. The maximum Gasteiger partial charge on any atom is 0.251 e. The van der Waals surface area contributed by atoms with E-state index in [9.17, 15) is 4.79 Å². The van der Waals surface area contributed by atoms with Crippen molar-refractivity contribution in [3.63, 3.8) is 0 Å². The maximum atomic E-state index is 11.7. The Balaban J connectivity index is 1.92. The molecular weight excluding hydrogens is 268 g/mol. The molecule has 6 heteroatoms. The Bertz CT molecular complexity index is 578. The van der Waals surface area contributed by atoms with Crippen molar-refractivity contribution < 1.29 is 9.90 Å². The highest BCUT2D eigenvalue weighted by Crippen LogP contribution is 2.11. The number of aryl methyl sites for hydroxylation is 1. The number of anilines is 1. The molecule has 0 unspecified atom stereocenters. The molecule has 0 saturated heterocycles. The second kappa shape index (κ2) is 7.44. The fraction of sp³-hybridized carbons (Fsp3) is 0.333. The van der Waals surface area contributed by atoms with Gasteiger partial charge < -0.3 is 20.3 Å². The number of amides is 1. The summed E-state index contributed by atoms with van der Waals surface area (Å²) in [4.78, 5) is 15.8. The van der Waals surface area contributed by atoms with Crippen LogP contribution in [0.15, 0.2) is 36.8 Å². The molecule has 0 aliphatic carbocycles. The van der Waals surface area contributed by atoms with Crippen molar-refractivity contribution in [1.29, 1.82) is 0 Å². The molecule has 0 radical (unpaired) electrons. The molecule has 2 rings (SSSR count). The monoisotopic (exact) mass is 288 g/mol. The van der Waals surface area contributed by atoms with E-state index in [-0.39, 0.29) is 19.1 Å². The zero-order valence-electron chi connectivity index (χ0n) is 12.0. The van der Waals surface area contributed by atoms with E-state index in [1.807, 2.05) is 24.7 Å². The molecule has 1 aromatic heterocycles. The number of aromatic nitrogens is 2. The van der Waals surface area contributed by atoms with Crippen molar-refractivity contribution in [3.8, 4) is 0 Å². The van der Waals surface area contributed by atoms with Crippen molar-refractivity contribution in [2.75, 3.05) is 18.5 Å². The van der Waals surface area contributed by atoms with Gasteiger partial charge in [0.25, 0.3) is 5.91 Å². The van der Waals surface area contributed by atoms with Gasteiger partial charge in [0.05, 0.1) is 25.2 Å². The van der Waals surface area contributed by atoms with Gasteiger partial charge in [0, 0.05) is 30.5 Å². The molecule has 21 heavy (non-hydrogen) atoms. The van der Waals surface area contributed by atoms with Gasteiger partial charge in [-0.15, -0.1) is 0 Å². The molecule has 2 aromatic rings. The number of nitrogens with one attached hydrogen (secondary N) is 2. The minimum atomic E-state index is -0.181. The third kappa shape index (κ3) is 4.06. The number of rotatable bonds is 7. The Kier molecular flexibility index (Phi) is 5.34. The van der Waals surface area contributed by atoms with Crippen molar-refractivity contribution in [2.24, 2.45) is 0 Å². The smallest absolute Gasteiger partial charge is 0.251 e. The van der Waals surface area contributed by atoms with Gasteiger partial charge in [-0.25, -0.2) is 4.98 Å². The van der Waals surface area contributed by atoms with E-state index in [2.05, 4.69) is 27.1 Å². The number of carbonyl (C=O) groups excluding carboxylic acids is 1. The Labute approximate surface area is 123 Å². The molecule has 0 bridgehead atoms. The molecule has 0 spiro atoms. The Morgan fingerprint density at radius 2 is 2.10 bits per heavy atom. The van der Waals surface area contributed by atoms with Crippen LogP contribution in [-0.2, 0) is 13.1 Å². The van der Waals surface area contributed by atoms with E-state index in [1.54, 1.807) is 12.1 Å². The summed E-state index contributed by atoms with van der Waals surface area (Å²) in [6.45, 7) is 3.85. The summed E-state index contributed by atoms with van der Waals surface area (Å²) in [7, 11) is 0. The van der Waals surface area contributed by atoms with Crippen LogP contribution in [0.5, 0.6) is 0 Å². The van der Waals surface area contributed by atoms with Crippen molar-refractivity contribution in [3.05, 3.63) is 48.0 Å². The van der Waals surface area contributed by atoms with Crippen LogP contribution >= 0.6 is 0 Å². The molecule has 1 amide bonds. The van der Waals surface area contributed by atoms with Gasteiger partial charge in [-0.2, -0.15) is 0 Å². The van der Waals surface area contributed by atoms with Gasteiger partial charge in [0.2, 0.25) is 0 Å². The van der Waals surface area contributed by atoms with Gasteiger partial charge in [-0.3, -0.25) is 4.79 Å². The van der Waals surface area contributed by atoms with Crippen LogP contribution in [0.25, 0.3) is 0 Å². The summed E-state index contributed by atoms with van der Waals surface area (Å²) in [6.07, 6.45) is 3.65. The lowest BCUT2D eigenvalue weighted by Gasteiger charge is -2.09. The lowest BCUT2D eigenvalue weighted by molar-refractivity contribution is 0.0945. The molecule has 0 aliphatic rings. The zero-order chi connectivity index (χ0) is 15.1. The number of aliphatic hydroxyl groups excluding tert-OH is 1. The highest BCUT2D eigenvalue weighted by Gasteiger charge is 2.04. The third-order valence-electron chi connectivity index (χ3n) is 3.16. The van der Waals surface area contributed by atoms with E-state index in [4.69, 9.17) is 5.11 Å². The minimum absolute atomic E-state index is 0.0590. The van der Waals surface area contributed by atoms with E-state index >= 15 is 0 Å². The summed E-state index contributed by atoms with van der Waals surface area (Å²) in [6, 6.07) is 7.24. The first-order valence-corrected chi connectivity index (χ1v) is 6.96. The van der Waals surface area contributed by atoms with Gasteiger partial charge in [0.1, 0.15) is 0 Å². The van der Waals surface area contributed by atoms with Crippen LogP contribution in [0.4, 0.5) is 5.69 Å². The van der Waals surface area contributed by atoms with E-state index in [0.29, 0.717) is 12.1 Å². The second-order valence-electron chi connectivity index (χ2n) is 4.58. The number of hydrogen-bond acceptors (Lipinski definition) is 4. The van der Waals surface area contributed by atoms with Gasteiger partial charge in [-0.1, -0.05) is 0 Å². The van der Waals surface area contributed by atoms with E-state index in [0.717, 1.165) is 17.9 Å². The first-order valence-electron chi connectivity index (χ1n) is 6.96. The van der Waals surface area contributed by atoms with Crippen LogP contribution in [0, 0.1) is 0 Å². The second-order valence-corrected chi connectivity index (χ2v) is 4.58. The number of benzene rings is 1. The zero-order valence-corrected chi connectivity index (χ0v) is 12.0. The SMILES string of the molecule is CCn1cncc1CNc1ccc(C(=O)NCCO)cc1. The topological polar surface area (TPSA) is 79.2 Å². The normalized spacial score (nSPS) is 10.4. The Morgan fingerprint density at radius 3 is 2.76 bits per heavy atom. The Morgan fingerprint density at radius 1 is 1.33 bits per heavy atom. The van der Waals surface area contributed by atoms with E-state index in [1.165, 1.54) is 0 Å². The van der Waals surface area contributed by atoms with Crippen LogP contribution < -0.4 is 10.6 Å². The predicted molar refractivity (Wildman–Crippen MR) is 81.1 cm³/mol. The molecule has 0 atom stereocenters. The lowest BCUT2D eigenvalue weighted by Crippen LogP contribution is -2.26. The first kappa shape index (κ1) is 15.1. The largest absolute Gasteiger partial charge is 0.395 e. The van der Waals surface area contributed by atoms with Gasteiger partial charge >= 0.3 is 0 Å².